The Balaban J connectivity index is 1.56. The highest BCUT2D eigenvalue weighted by Gasteiger charge is 2.19. The van der Waals surface area contributed by atoms with Gasteiger partial charge in [0.2, 0.25) is 11.8 Å². The van der Waals surface area contributed by atoms with Crippen LogP contribution in [0.4, 0.5) is 0 Å². The molecule has 0 aliphatic heterocycles. The van der Waals surface area contributed by atoms with Gasteiger partial charge in [-0.25, -0.2) is 0 Å². The summed E-state index contributed by atoms with van der Waals surface area (Å²) in [6.45, 7) is 6.30. The van der Waals surface area contributed by atoms with Gasteiger partial charge < -0.3 is 8.94 Å². The predicted octanol–water partition coefficient (Wildman–Crippen LogP) is 4.99. The molecule has 3 rings (SSSR count). The molecule has 2 atom stereocenters. The van der Waals surface area contributed by atoms with Crippen LogP contribution in [0.3, 0.4) is 0 Å². The number of aromatic nitrogens is 4. The van der Waals surface area contributed by atoms with Crippen LogP contribution < -0.4 is 0 Å². The molecule has 1 aromatic carbocycles. The number of nitrogens with zero attached hydrogens (tertiary/aromatic N) is 4. The minimum absolute atomic E-state index is 0.0299. The van der Waals surface area contributed by atoms with E-state index in [4.69, 9.17) is 8.94 Å². The molecule has 138 valence electrons. The molecular weight excluding hydrogens is 348 g/mol. The first-order chi connectivity index (χ1) is 12.7. The van der Waals surface area contributed by atoms with Crippen molar-refractivity contribution in [3.63, 3.8) is 0 Å². The van der Waals surface area contributed by atoms with E-state index in [1.165, 1.54) is 17.3 Å². The zero-order valence-corrected chi connectivity index (χ0v) is 16.2. The molecule has 0 saturated heterocycles. The SMILES string of the molecule is CCCCc1noc(C(C)Sc2nnc(CC(C)c3ccccc3)o2)n1. The number of aryl methyl sites for hydroxylation is 1. The number of benzene rings is 1. The molecule has 0 fully saturated rings. The standard InChI is InChI=1S/C19H24N4O2S/c1-4-5-11-16-20-18(25-23-16)14(3)26-19-22-21-17(24-19)12-13(2)15-9-7-6-8-10-15/h6-10,13-14H,4-5,11-12H2,1-3H3. The zero-order valence-electron chi connectivity index (χ0n) is 15.4. The van der Waals surface area contributed by atoms with Gasteiger partial charge in [0.25, 0.3) is 5.22 Å². The van der Waals surface area contributed by atoms with Crippen molar-refractivity contribution in [1.82, 2.24) is 20.3 Å². The Morgan fingerprint density at radius 1 is 1.12 bits per heavy atom. The summed E-state index contributed by atoms with van der Waals surface area (Å²) in [5.74, 6) is 2.32. The van der Waals surface area contributed by atoms with Gasteiger partial charge in [-0.05, 0) is 24.8 Å². The second kappa shape index (κ2) is 8.98. The lowest BCUT2D eigenvalue weighted by Gasteiger charge is -2.08. The van der Waals surface area contributed by atoms with Crippen LogP contribution in [-0.4, -0.2) is 20.3 Å². The Morgan fingerprint density at radius 2 is 1.92 bits per heavy atom. The van der Waals surface area contributed by atoms with Crippen molar-refractivity contribution in [2.24, 2.45) is 0 Å². The number of unbranched alkanes of at least 4 members (excludes halogenated alkanes) is 1. The van der Waals surface area contributed by atoms with Gasteiger partial charge in [0.05, 0.1) is 5.25 Å². The third-order valence-electron chi connectivity index (χ3n) is 4.16. The summed E-state index contributed by atoms with van der Waals surface area (Å²) in [6, 6.07) is 10.3. The van der Waals surface area contributed by atoms with Gasteiger partial charge in [0.1, 0.15) is 0 Å². The largest absolute Gasteiger partial charge is 0.416 e. The van der Waals surface area contributed by atoms with Crippen LogP contribution in [0.15, 0.2) is 44.5 Å². The Bertz CT molecular complexity index is 803. The van der Waals surface area contributed by atoms with Gasteiger partial charge >= 0.3 is 0 Å². The molecule has 2 aromatic heterocycles. The lowest BCUT2D eigenvalue weighted by atomic mass is 9.98. The van der Waals surface area contributed by atoms with E-state index in [9.17, 15) is 0 Å². The van der Waals surface area contributed by atoms with Crippen molar-refractivity contribution < 1.29 is 8.94 Å². The highest BCUT2D eigenvalue weighted by atomic mass is 32.2. The van der Waals surface area contributed by atoms with Crippen LogP contribution in [0.25, 0.3) is 0 Å². The van der Waals surface area contributed by atoms with Gasteiger partial charge in [0, 0.05) is 12.8 Å². The summed E-state index contributed by atoms with van der Waals surface area (Å²) in [7, 11) is 0. The lowest BCUT2D eigenvalue weighted by molar-refractivity contribution is 0.371. The van der Waals surface area contributed by atoms with Crippen molar-refractivity contribution >= 4 is 11.8 Å². The van der Waals surface area contributed by atoms with Crippen molar-refractivity contribution in [3.8, 4) is 0 Å². The fourth-order valence-corrected chi connectivity index (χ4v) is 3.33. The van der Waals surface area contributed by atoms with E-state index in [1.54, 1.807) is 0 Å². The maximum Gasteiger partial charge on any atom is 0.277 e. The molecule has 7 heteroatoms. The molecule has 26 heavy (non-hydrogen) atoms. The molecule has 2 heterocycles. The summed E-state index contributed by atoms with van der Waals surface area (Å²) in [5, 5.41) is 12.8. The molecule has 0 radical (unpaired) electrons. The summed E-state index contributed by atoms with van der Waals surface area (Å²) >= 11 is 1.44. The molecule has 0 aliphatic carbocycles. The van der Waals surface area contributed by atoms with E-state index in [2.05, 4.69) is 46.3 Å². The average molecular weight is 372 g/mol. The number of hydrogen-bond acceptors (Lipinski definition) is 7. The highest BCUT2D eigenvalue weighted by Crippen LogP contribution is 2.33. The number of thioether (sulfide) groups is 1. The van der Waals surface area contributed by atoms with E-state index in [0.29, 0.717) is 29.3 Å². The fraction of sp³-hybridized carbons (Fsp3) is 0.474. The Labute approximate surface area is 157 Å². The van der Waals surface area contributed by atoms with Crippen molar-refractivity contribution in [1.29, 1.82) is 0 Å². The smallest absolute Gasteiger partial charge is 0.277 e. The molecule has 2 unspecified atom stereocenters. The molecule has 6 nitrogen and oxygen atoms in total. The van der Waals surface area contributed by atoms with Crippen LogP contribution in [-0.2, 0) is 12.8 Å². The zero-order chi connectivity index (χ0) is 18.4. The second-order valence-electron chi connectivity index (χ2n) is 6.39. The van der Waals surface area contributed by atoms with Crippen LogP contribution in [0, 0.1) is 0 Å². The number of hydrogen-bond donors (Lipinski definition) is 0. The molecule has 0 saturated carbocycles. The van der Waals surface area contributed by atoms with E-state index in [-0.39, 0.29) is 5.25 Å². The van der Waals surface area contributed by atoms with E-state index in [0.717, 1.165) is 25.1 Å². The predicted molar refractivity (Wildman–Crippen MR) is 100 cm³/mol. The minimum atomic E-state index is -0.0299. The fourth-order valence-electron chi connectivity index (χ4n) is 2.60. The van der Waals surface area contributed by atoms with Gasteiger partial charge in [-0.2, -0.15) is 4.98 Å². The van der Waals surface area contributed by atoms with Crippen LogP contribution >= 0.6 is 11.8 Å². The maximum absolute atomic E-state index is 5.79. The quantitative estimate of drug-likeness (QED) is 0.489. The van der Waals surface area contributed by atoms with Crippen molar-refractivity contribution in [2.45, 2.75) is 62.8 Å². The normalized spacial score (nSPS) is 13.7. The summed E-state index contributed by atoms with van der Waals surface area (Å²) in [5.41, 5.74) is 1.26. The lowest BCUT2D eigenvalue weighted by Crippen LogP contribution is -1.98. The van der Waals surface area contributed by atoms with E-state index >= 15 is 0 Å². The van der Waals surface area contributed by atoms with Gasteiger partial charge in [-0.15, -0.1) is 10.2 Å². The van der Waals surface area contributed by atoms with Gasteiger partial charge in [-0.1, -0.05) is 67.5 Å². The summed E-state index contributed by atoms with van der Waals surface area (Å²) in [4.78, 5) is 4.45. The molecule has 3 aromatic rings. The first-order valence-corrected chi connectivity index (χ1v) is 9.90. The molecule has 0 amide bonds. The van der Waals surface area contributed by atoms with Crippen molar-refractivity contribution in [2.75, 3.05) is 0 Å². The Hall–Kier alpha value is -2.15. The first kappa shape index (κ1) is 18.6. The summed E-state index contributed by atoms with van der Waals surface area (Å²) in [6.07, 6.45) is 3.74. The molecule has 0 bridgehead atoms. The molecule has 0 aliphatic rings. The molecule has 0 spiro atoms. The first-order valence-electron chi connectivity index (χ1n) is 9.02. The third kappa shape index (κ3) is 4.94. The van der Waals surface area contributed by atoms with E-state index in [1.807, 2.05) is 25.1 Å². The number of rotatable bonds is 9. The highest BCUT2D eigenvalue weighted by molar-refractivity contribution is 7.99. The van der Waals surface area contributed by atoms with Crippen LogP contribution in [0.2, 0.25) is 0 Å². The minimum Gasteiger partial charge on any atom is -0.416 e. The second-order valence-corrected chi connectivity index (χ2v) is 7.68. The van der Waals surface area contributed by atoms with Crippen LogP contribution in [0.1, 0.15) is 68.0 Å². The average Bonchev–Trinajstić information content (AvgIpc) is 3.30. The molecule has 0 N–H and O–H groups in total. The monoisotopic (exact) mass is 372 g/mol. The van der Waals surface area contributed by atoms with Crippen molar-refractivity contribution in [3.05, 3.63) is 53.5 Å². The van der Waals surface area contributed by atoms with Crippen LogP contribution in [0.5, 0.6) is 0 Å². The van der Waals surface area contributed by atoms with Gasteiger partial charge in [0.15, 0.2) is 5.82 Å². The maximum atomic E-state index is 5.79. The van der Waals surface area contributed by atoms with Gasteiger partial charge in [-0.3, -0.25) is 0 Å². The third-order valence-corrected chi connectivity index (χ3v) is 5.08. The summed E-state index contributed by atoms with van der Waals surface area (Å²) < 4.78 is 11.1. The topological polar surface area (TPSA) is 77.8 Å². The van der Waals surface area contributed by atoms with E-state index < -0.39 is 0 Å². The Kier molecular flexibility index (Phi) is 6.44. The molecular formula is C19H24N4O2S. The Morgan fingerprint density at radius 3 is 2.69 bits per heavy atom.